The number of hydrogen-bond donors (Lipinski definition) is 3. The Morgan fingerprint density at radius 1 is 1.00 bits per heavy atom. The van der Waals surface area contributed by atoms with Gasteiger partial charge in [-0.3, -0.25) is 14.8 Å². The van der Waals surface area contributed by atoms with Crippen molar-refractivity contribution in [3.8, 4) is 22.4 Å². The molecule has 0 aliphatic carbocycles. The van der Waals surface area contributed by atoms with E-state index >= 15 is 0 Å². The molecule has 0 radical (unpaired) electrons. The summed E-state index contributed by atoms with van der Waals surface area (Å²) in [7, 11) is 2.18. The van der Waals surface area contributed by atoms with Crippen LogP contribution in [-0.4, -0.2) is 69.6 Å². The number of nitrogens with zero attached hydrogens (tertiary/aromatic N) is 5. The highest BCUT2D eigenvalue weighted by atomic mass is 35.5. The number of hydrazine groups is 1. The molecule has 0 saturated carbocycles. The van der Waals surface area contributed by atoms with Gasteiger partial charge in [0.25, 0.3) is 5.56 Å². The lowest BCUT2D eigenvalue weighted by Gasteiger charge is -2.42. The van der Waals surface area contributed by atoms with Gasteiger partial charge in [0.2, 0.25) is 0 Å². The standard InChI is InChI=1S/C30H39ClN8O/c1-19-4-3-5-28(26-12-20(8-10-32-26)30-27(33-15-19)17-37-38(30)2)39-18-34-25(14-29(39)40)24-13-22(31)6-7-23(24)21-9-11-35-36-16-21/h6-7,9,11,13-14,16,18-20,26-28,30,32-33,37H,3-5,8,10,12,15,17H2,1-2H3/t19-,20?,26?,27?,28+,30?/m1/s1. The van der Waals surface area contributed by atoms with Crippen LogP contribution in [0.5, 0.6) is 0 Å². The molecule has 1 aromatic carbocycles. The molecule has 212 valence electrons. The third-order valence-electron chi connectivity index (χ3n) is 9.12. The summed E-state index contributed by atoms with van der Waals surface area (Å²) in [5.41, 5.74) is 6.77. The fraction of sp³-hybridized carbons (Fsp3) is 0.533. The second-order valence-electron chi connectivity index (χ2n) is 11.8. The molecule has 40 heavy (non-hydrogen) atoms. The zero-order valence-electron chi connectivity index (χ0n) is 23.3. The first-order valence-corrected chi connectivity index (χ1v) is 14.9. The SMILES string of the molecule is C[C@@H]1CCC[C@H](n2cnc(-c3cc(Cl)ccc3-c3ccnnc3)cc2=O)C2CC(CCN2)C2C(CNN2C)NC1. The molecule has 6 atom stereocenters. The Morgan fingerprint density at radius 2 is 1.90 bits per heavy atom. The maximum Gasteiger partial charge on any atom is 0.254 e. The van der Waals surface area contributed by atoms with Crippen LogP contribution in [0.15, 0.2) is 53.8 Å². The second kappa shape index (κ2) is 12.0. The van der Waals surface area contributed by atoms with Crippen LogP contribution in [0.3, 0.4) is 0 Å². The maximum atomic E-state index is 13.8. The van der Waals surface area contributed by atoms with Crippen molar-refractivity contribution in [2.24, 2.45) is 11.8 Å². The molecule has 2 bridgehead atoms. The van der Waals surface area contributed by atoms with E-state index in [2.05, 4.69) is 45.2 Å². The van der Waals surface area contributed by atoms with Gasteiger partial charge in [0.05, 0.1) is 30.5 Å². The summed E-state index contributed by atoms with van der Waals surface area (Å²) in [5.74, 6) is 1.13. The molecule has 3 aliphatic rings. The van der Waals surface area contributed by atoms with Crippen molar-refractivity contribution in [2.75, 3.05) is 26.7 Å². The fourth-order valence-corrected chi connectivity index (χ4v) is 7.23. The molecule has 0 amide bonds. The van der Waals surface area contributed by atoms with Gasteiger partial charge in [-0.1, -0.05) is 31.0 Å². The topological polar surface area (TPSA) is 100 Å². The Balaban J connectivity index is 1.33. The van der Waals surface area contributed by atoms with E-state index in [4.69, 9.17) is 16.6 Å². The number of benzene rings is 1. The van der Waals surface area contributed by atoms with Gasteiger partial charge in [-0.25, -0.2) is 9.99 Å². The zero-order chi connectivity index (χ0) is 27.6. The molecular formula is C30H39ClN8O. The van der Waals surface area contributed by atoms with Crippen LogP contribution in [0.4, 0.5) is 0 Å². The average molecular weight is 563 g/mol. The van der Waals surface area contributed by atoms with Crippen molar-refractivity contribution in [2.45, 2.75) is 63.2 Å². The molecule has 3 aliphatic heterocycles. The smallest absolute Gasteiger partial charge is 0.254 e. The number of fused-ring (bicyclic) bond motifs is 4. The third-order valence-corrected chi connectivity index (χ3v) is 9.35. The Hall–Kier alpha value is -2.69. The van der Waals surface area contributed by atoms with E-state index in [1.165, 1.54) is 0 Å². The molecular weight excluding hydrogens is 524 g/mol. The van der Waals surface area contributed by atoms with Crippen LogP contribution in [-0.2, 0) is 0 Å². The summed E-state index contributed by atoms with van der Waals surface area (Å²) in [5, 5.41) is 18.5. The Morgan fingerprint density at radius 3 is 2.73 bits per heavy atom. The van der Waals surface area contributed by atoms with Crippen molar-refractivity contribution in [1.29, 1.82) is 0 Å². The maximum absolute atomic E-state index is 13.8. The molecule has 3 saturated heterocycles. The highest BCUT2D eigenvalue weighted by Gasteiger charge is 2.41. The number of rotatable bonds is 3. The minimum Gasteiger partial charge on any atom is -0.312 e. The van der Waals surface area contributed by atoms with Crippen LogP contribution < -0.4 is 21.6 Å². The highest BCUT2D eigenvalue weighted by Crippen LogP contribution is 2.35. The van der Waals surface area contributed by atoms with Crippen molar-refractivity contribution < 1.29 is 0 Å². The monoisotopic (exact) mass is 562 g/mol. The third kappa shape index (κ3) is 5.71. The number of aromatic nitrogens is 4. The van der Waals surface area contributed by atoms with Crippen LogP contribution in [0.1, 0.15) is 45.1 Å². The van der Waals surface area contributed by atoms with Crippen LogP contribution >= 0.6 is 11.6 Å². The van der Waals surface area contributed by atoms with E-state index in [1.807, 2.05) is 28.8 Å². The fourth-order valence-electron chi connectivity index (χ4n) is 7.06. The number of halogens is 1. The highest BCUT2D eigenvalue weighted by molar-refractivity contribution is 6.31. The Kier molecular flexibility index (Phi) is 8.27. The molecule has 4 unspecified atom stereocenters. The molecule has 3 fully saturated rings. The average Bonchev–Trinajstić information content (AvgIpc) is 3.34. The second-order valence-corrected chi connectivity index (χ2v) is 12.2. The summed E-state index contributed by atoms with van der Waals surface area (Å²) in [4.78, 5) is 18.6. The first kappa shape index (κ1) is 27.5. The van der Waals surface area contributed by atoms with Crippen LogP contribution in [0.25, 0.3) is 22.4 Å². The molecule has 5 heterocycles. The van der Waals surface area contributed by atoms with Crippen LogP contribution in [0.2, 0.25) is 5.02 Å². The predicted octanol–water partition coefficient (Wildman–Crippen LogP) is 3.53. The van der Waals surface area contributed by atoms with Crippen molar-refractivity contribution in [1.82, 2.24) is 40.8 Å². The van der Waals surface area contributed by atoms with Gasteiger partial charge in [0.1, 0.15) is 0 Å². The van der Waals surface area contributed by atoms with Gasteiger partial charge in [0.15, 0.2) is 0 Å². The first-order chi connectivity index (χ1) is 19.5. The van der Waals surface area contributed by atoms with E-state index in [-0.39, 0.29) is 17.6 Å². The molecule has 3 aromatic rings. The lowest BCUT2D eigenvalue weighted by molar-refractivity contribution is 0.108. The number of nitrogens with one attached hydrogen (secondary N) is 3. The zero-order valence-corrected chi connectivity index (χ0v) is 24.0. The number of likely N-dealkylation sites (N-methyl/N-ethyl adjacent to an activating group) is 1. The van der Waals surface area contributed by atoms with E-state index < -0.39 is 0 Å². The van der Waals surface area contributed by atoms with Gasteiger partial charge in [-0.2, -0.15) is 10.2 Å². The molecule has 2 aromatic heterocycles. The van der Waals surface area contributed by atoms with Gasteiger partial charge >= 0.3 is 0 Å². The molecule has 0 spiro atoms. The molecule has 9 nitrogen and oxygen atoms in total. The van der Waals surface area contributed by atoms with Crippen molar-refractivity contribution in [3.63, 3.8) is 0 Å². The van der Waals surface area contributed by atoms with Crippen molar-refractivity contribution in [3.05, 3.63) is 64.4 Å². The van der Waals surface area contributed by atoms with Crippen molar-refractivity contribution >= 4 is 11.6 Å². The normalized spacial score (nSPS) is 29.8. The van der Waals surface area contributed by atoms with E-state index in [0.29, 0.717) is 34.6 Å². The minimum atomic E-state index is -0.0305. The predicted molar refractivity (Wildman–Crippen MR) is 158 cm³/mol. The summed E-state index contributed by atoms with van der Waals surface area (Å²) in [6, 6.07) is 10.4. The van der Waals surface area contributed by atoms with Gasteiger partial charge in [0, 0.05) is 53.9 Å². The van der Waals surface area contributed by atoms with Crippen LogP contribution in [0, 0.1) is 11.8 Å². The molecule has 10 heteroatoms. The molecule has 3 N–H and O–H groups in total. The summed E-state index contributed by atoms with van der Waals surface area (Å²) in [6.45, 7) is 5.29. The summed E-state index contributed by atoms with van der Waals surface area (Å²) < 4.78 is 1.88. The lowest BCUT2D eigenvalue weighted by Crippen LogP contribution is -2.54. The quantitative estimate of drug-likeness (QED) is 0.446. The summed E-state index contributed by atoms with van der Waals surface area (Å²) >= 11 is 6.39. The van der Waals surface area contributed by atoms with E-state index in [9.17, 15) is 4.79 Å². The number of hydrogen-bond acceptors (Lipinski definition) is 8. The minimum absolute atomic E-state index is 0.0305. The van der Waals surface area contributed by atoms with Gasteiger partial charge in [-0.05, 0) is 74.4 Å². The van der Waals surface area contributed by atoms with E-state index in [1.54, 1.807) is 24.8 Å². The van der Waals surface area contributed by atoms with E-state index in [0.717, 1.165) is 68.4 Å². The summed E-state index contributed by atoms with van der Waals surface area (Å²) in [6.07, 6.45) is 10.5. The largest absolute Gasteiger partial charge is 0.312 e. The lowest BCUT2D eigenvalue weighted by atomic mass is 9.80. The Bertz CT molecular complexity index is 1370. The molecule has 6 rings (SSSR count). The van der Waals surface area contributed by atoms with Gasteiger partial charge in [-0.15, -0.1) is 0 Å². The first-order valence-electron chi connectivity index (χ1n) is 14.6. The van der Waals surface area contributed by atoms with Gasteiger partial charge < -0.3 is 10.6 Å². The number of piperidine rings is 1. The Labute approximate surface area is 240 Å².